The van der Waals surface area contributed by atoms with Crippen molar-refractivity contribution >= 4 is 18.0 Å². The van der Waals surface area contributed by atoms with E-state index in [4.69, 9.17) is 9.47 Å². The molecule has 2 N–H and O–H groups in total. The summed E-state index contributed by atoms with van der Waals surface area (Å²) in [6, 6.07) is 16.3. The molecule has 1 saturated heterocycles. The first-order valence-corrected chi connectivity index (χ1v) is 12.1. The number of alkyl carbamates (subject to hydrolysis) is 1. The van der Waals surface area contributed by atoms with E-state index >= 15 is 0 Å². The van der Waals surface area contributed by atoms with Gasteiger partial charge in [-0.2, -0.15) is 0 Å². The zero-order valence-electron chi connectivity index (χ0n) is 19.8. The van der Waals surface area contributed by atoms with E-state index in [1.54, 1.807) is 4.90 Å². The molecule has 2 aromatic rings. The van der Waals surface area contributed by atoms with Gasteiger partial charge in [0.2, 0.25) is 5.91 Å². The molecule has 1 aliphatic heterocycles. The second kappa shape index (κ2) is 9.00. The van der Waals surface area contributed by atoms with Gasteiger partial charge in [0.25, 0.3) is 0 Å². The van der Waals surface area contributed by atoms with Crippen molar-refractivity contribution in [3.8, 4) is 11.1 Å². The van der Waals surface area contributed by atoms with Crippen LogP contribution in [0.3, 0.4) is 0 Å². The van der Waals surface area contributed by atoms with Crippen LogP contribution in [-0.4, -0.2) is 66.9 Å². The molecule has 2 aliphatic carbocycles. The van der Waals surface area contributed by atoms with E-state index in [2.05, 4.69) is 29.6 Å². The minimum atomic E-state index is -1.23. The van der Waals surface area contributed by atoms with Crippen LogP contribution in [0, 0.1) is 5.41 Å². The summed E-state index contributed by atoms with van der Waals surface area (Å²) in [7, 11) is 1.40. The van der Waals surface area contributed by atoms with Crippen molar-refractivity contribution in [1.82, 2.24) is 10.2 Å². The predicted octanol–water partition coefficient (Wildman–Crippen LogP) is 3.40. The summed E-state index contributed by atoms with van der Waals surface area (Å²) < 4.78 is 10.8. The minimum absolute atomic E-state index is 0.0201. The lowest BCUT2D eigenvalue weighted by molar-refractivity contribution is -0.170. The molecule has 8 heteroatoms. The molecule has 3 aliphatic rings. The highest BCUT2D eigenvalue weighted by Crippen LogP contribution is 2.48. The molecule has 0 unspecified atom stereocenters. The van der Waals surface area contributed by atoms with Crippen molar-refractivity contribution in [2.45, 2.75) is 37.2 Å². The second-order valence-electron chi connectivity index (χ2n) is 9.76. The van der Waals surface area contributed by atoms with Gasteiger partial charge in [0.15, 0.2) is 5.60 Å². The molecule has 8 nitrogen and oxygen atoms in total. The van der Waals surface area contributed by atoms with E-state index in [1.165, 1.54) is 18.2 Å². The van der Waals surface area contributed by atoms with Crippen molar-refractivity contribution in [3.63, 3.8) is 0 Å². The number of carbonyl (C=O) groups excluding carboxylic acids is 2. The fourth-order valence-electron chi connectivity index (χ4n) is 5.42. The van der Waals surface area contributed by atoms with Crippen LogP contribution in [0.2, 0.25) is 0 Å². The zero-order chi connectivity index (χ0) is 24.6. The maximum atomic E-state index is 13.2. The highest BCUT2D eigenvalue weighted by atomic mass is 16.5. The topological polar surface area (TPSA) is 105 Å². The highest BCUT2D eigenvalue weighted by molar-refractivity contribution is 5.87. The molecule has 35 heavy (non-hydrogen) atoms. The van der Waals surface area contributed by atoms with Gasteiger partial charge in [0.05, 0.1) is 5.41 Å². The van der Waals surface area contributed by atoms with E-state index < -0.39 is 23.1 Å². The zero-order valence-corrected chi connectivity index (χ0v) is 19.8. The van der Waals surface area contributed by atoms with E-state index in [1.807, 2.05) is 24.3 Å². The molecule has 184 valence electrons. The highest BCUT2D eigenvalue weighted by Gasteiger charge is 2.53. The summed E-state index contributed by atoms with van der Waals surface area (Å²) >= 11 is 0. The van der Waals surface area contributed by atoms with Crippen LogP contribution in [-0.2, 0) is 19.1 Å². The number of nitrogens with one attached hydrogen (secondary N) is 1. The van der Waals surface area contributed by atoms with Gasteiger partial charge in [0.1, 0.15) is 6.61 Å². The Hall–Kier alpha value is -3.39. The Morgan fingerprint density at radius 2 is 1.54 bits per heavy atom. The molecule has 2 fully saturated rings. The monoisotopic (exact) mass is 478 g/mol. The van der Waals surface area contributed by atoms with Crippen molar-refractivity contribution in [3.05, 3.63) is 59.7 Å². The first-order valence-electron chi connectivity index (χ1n) is 12.1. The van der Waals surface area contributed by atoms with Gasteiger partial charge in [-0.15, -0.1) is 0 Å². The van der Waals surface area contributed by atoms with E-state index in [0.29, 0.717) is 25.9 Å². The SMILES string of the molecule is COC1(C(=O)O)CCN(C(=O)C2(CNC(=O)OCC3c4ccccc4-c4ccccc43)CC2)CC1. The number of carboxylic acids is 1. The van der Waals surface area contributed by atoms with Crippen molar-refractivity contribution in [2.24, 2.45) is 5.41 Å². The van der Waals surface area contributed by atoms with Crippen molar-refractivity contribution in [1.29, 1.82) is 0 Å². The van der Waals surface area contributed by atoms with Gasteiger partial charge in [-0.3, -0.25) is 4.79 Å². The number of methoxy groups -OCH3 is 1. The third-order valence-electron chi connectivity index (χ3n) is 7.86. The lowest BCUT2D eigenvalue weighted by atomic mass is 9.90. The van der Waals surface area contributed by atoms with Gasteiger partial charge in [-0.1, -0.05) is 48.5 Å². The van der Waals surface area contributed by atoms with Gasteiger partial charge < -0.3 is 24.8 Å². The Balaban J connectivity index is 1.15. The van der Waals surface area contributed by atoms with E-state index in [9.17, 15) is 19.5 Å². The van der Waals surface area contributed by atoms with Crippen LogP contribution in [0.1, 0.15) is 42.7 Å². The number of nitrogens with zero attached hydrogens (tertiary/aromatic N) is 1. The lowest BCUT2D eigenvalue weighted by Gasteiger charge is -2.39. The Bertz CT molecular complexity index is 1100. The standard InChI is InChI=1S/C27H30N2O6/c1-34-27(24(31)32)12-14-29(15-13-27)23(30)26(10-11-26)17-28-25(33)35-16-22-20-8-4-2-6-18(20)19-7-3-5-9-21(19)22/h2-9,22H,10-17H2,1H3,(H,28,33)(H,31,32). The molecule has 0 radical (unpaired) electrons. The molecular formula is C27H30N2O6. The van der Waals surface area contributed by atoms with Gasteiger partial charge >= 0.3 is 12.1 Å². The molecular weight excluding hydrogens is 448 g/mol. The number of aliphatic carboxylic acids is 1. The Kier molecular flexibility index (Phi) is 6.01. The number of rotatable bonds is 7. The third kappa shape index (κ3) is 4.16. The number of benzene rings is 2. The quantitative estimate of drug-likeness (QED) is 0.632. The second-order valence-corrected chi connectivity index (χ2v) is 9.76. The molecule has 0 atom stereocenters. The van der Waals surface area contributed by atoms with Crippen LogP contribution in [0.4, 0.5) is 4.79 Å². The number of hydrogen-bond acceptors (Lipinski definition) is 5. The number of piperidine rings is 1. The van der Waals surface area contributed by atoms with Crippen LogP contribution in [0.15, 0.2) is 48.5 Å². The van der Waals surface area contributed by atoms with Crippen LogP contribution in [0.25, 0.3) is 11.1 Å². The number of hydrogen-bond donors (Lipinski definition) is 2. The molecule has 2 aromatic carbocycles. The average molecular weight is 479 g/mol. The smallest absolute Gasteiger partial charge is 0.407 e. The first kappa shape index (κ1) is 23.4. The summed E-state index contributed by atoms with van der Waals surface area (Å²) in [6.45, 7) is 1.09. The summed E-state index contributed by atoms with van der Waals surface area (Å²) in [5, 5.41) is 12.3. The minimum Gasteiger partial charge on any atom is -0.479 e. The fourth-order valence-corrected chi connectivity index (χ4v) is 5.42. The predicted molar refractivity (Wildman–Crippen MR) is 128 cm³/mol. The number of carboxylic acid groups (broad SMARTS) is 1. The van der Waals surface area contributed by atoms with Crippen molar-refractivity contribution in [2.75, 3.05) is 33.4 Å². The molecule has 5 rings (SSSR count). The summed E-state index contributed by atoms with van der Waals surface area (Å²) in [5.74, 6) is -1.05. The van der Waals surface area contributed by atoms with Crippen LogP contribution < -0.4 is 5.32 Å². The van der Waals surface area contributed by atoms with Gasteiger partial charge in [-0.05, 0) is 35.1 Å². The molecule has 1 saturated carbocycles. The maximum Gasteiger partial charge on any atom is 0.407 e. The third-order valence-corrected chi connectivity index (χ3v) is 7.86. The summed E-state index contributed by atoms with van der Waals surface area (Å²) in [6.07, 6.45) is 1.36. The normalized spacial score (nSPS) is 19.4. The van der Waals surface area contributed by atoms with E-state index in [-0.39, 0.29) is 37.8 Å². The summed E-state index contributed by atoms with van der Waals surface area (Å²) in [5.41, 5.74) is 2.78. The molecule has 0 aromatic heterocycles. The van der Waals surface area contributed by atoms with E-state index in [0.717, 1.165) is 11.1 Å². The Morgan fingerprint density at radius 1 is 0.971 bits per heavy atom. The average Bonchev–Trinajstić information content (AvgIpc) is 3.62. The number of carbonyl (C=O) groups is 3. The number of likely N-dealkylation sites (tertiary alicyclic amines) is 1. The Labute approximate surface area is 204 Å². The number of amides is 2. The van der Waals surface area contributed by atoms with Gasteiger partial charge in [-0.25, -0.2) is 9.59 Å². The largest absolute Gasteiger partial charge is 0.479 e. The lowest BCUT2D eigenvalue weighted by Crippen LogP contribution is -2.54. The van der Waals surface area contributed by atoms with Crippen LogP contribution >= 0.6 is 0 Å². The van der Waals surface area contributed by atoms with Crippen molar-refractivity contribution < 1.29 is 29.0 Å². The molecule has 1 heterocycles. The first-order chi connectivity index (χ1) is 16.9. The summed E-state index contributed by atoms with van der Waals surface area (Å²) in [4.78, 5) is 39.0. The fraction of sp³-hybridized carbons (Fsp3) is 0.444. The van der Waals surface area contributed by atoms with Crippen LogP contribution in [0.5, 0.6) is 0 Å². The number of ether oxygens (including phenoxy) is 2. The molecule has 2 amide bonds. The van der Waals surface area contributed by atoms with Gasteiger partial charge in [0, 0.05) is 45.5 Å². The molecule has 0 bridgehead atoms. The number of fused-ring (bicyclic) bond motifs is 3. The Morgan fingerprint density at radius 3 is 2.06 bits per heavy atom. The molecule has 0 spiro atoms. The maximum absolute atomic E-state index is 13.2.